The topological polar surface area (TPSA) is 0 Å². The van der Waals surface area contributed by atoms with Gasteiger partial charge >= 0.3 is 0 Å². The van der Waals surface area contributed by atoms with Crippen LogP contribution in [0.4, 0.5) is 0 Å². The summed E-state index contributed by atoms with van der Waals surface area (Å²) >= 11 is 0. The largest absolute Gasteiger partial charge is 0.242 e. The first-order valence-electron chi connectivity index (χ1n) is 17.6. The molecule has 2 unspecified atom stereocenters. The van der Waals surface area contributed by atoms with E-state index >= 15 is 0 Å². The van der Waals surface area contributed by atoms with Crippen molar-refractivity contribution in [3.05, 3.63) is 182 Å². The van der Waals surface area contributed by atoms with Gasteiger partial charge in [-0.1, -0.05) is 180 Å². The Bertz CT molecular complexity index is 2210. The molecular weight excluding hydrogens is 575 g/mol. The molecule has 236 valence electrons. The molecule has 0 N–H and O–H groups in total. The van der Waals surface area contributed by atoms with Gasteiger partial charge in [-0.25, -0.2) is 0 Å². The van der Waals surface area contributed by atoms with E-state index in [0.29, 0.717) is 0 Å². The van der Waals surface area contributed by atoms with Crippen molar-refractivity contribution in [3.63, 3.8) is 0 Å². The average molecular weight is 621 g/mol. The van der Waals surface area contributed by atoms with Gasteiger partial charge in [0.25, 0.3) is 0 Å². The second-order valence-electron chi connectivity index (χ2n) is 15.7. The Kier molecular flexibility index (Phi) is 7.19. The second-order valence-corrected chi connectivity index (χ2v) is 15.7. The monoisotopic (exact) mass is 620 g/mol. The van der Waals surface area contributed by atoms with Crippen LogP contribution in [0.1, 0.15) is 99.4 Å². The van der Waals surface area contributed by atoms with E-state index in [2.05, 4.69) is 171 Å². The molecule has 1 heteroatoms. The highest BCUT2D eigenvalue weighted by molar-refractivity contribution is 6.97. The standard InChI is InChI=1S/C47H45B/c1-28-9-16-33(17-10-28)39-23-30(3)13-20-36(39)45-38-22-15-32(5)25-43(38)48-42-24-31(4)14-21-37(42)44(34-18-11-29(2)12-19-34)40-26-35(47(6,7)8)27-41(45)46(40)48/h9-27,44-45H,1-8H3. The highest BCUT2D eigenvalue weighted by Crippen LogP contribution is 2.45. The SMILES string of the molecule is Cc1ccc(-c2cc(C)ccc2C2c3ccc(C)cc3B3c4cc(C)ccc4C(c4ccc(C)cc4)c4cc(C(C)(C)C)cc2c43)cc1. The zero-order valence-corrected chi connectivity index (χ0v) is 29.7. The first-order chi connectivity index (χ1) is 23.0. The Hall–Kier alpha value is -4.62. The van der Waals surface area contributed by atoms with Gasteiger partial charge in [0, 0.05) is 11.8 Å². The van der Waals surface area contributed by atoms with Crippen molar-refractivity contribution >= 4 is 23.1 Å². The molecule has 0 aromatic heterocycles. The van der Waals surface area contributed by atoms with Crippen LogP contribution < -0.4 is 16.4 Å². The molecule has 0 aliphatic carbocycles. The van der Waals surface area contributed by atoms with Crippen LogP contribution in [0.3, 0.4) is 0 Å². The van der Waals surface area contributed by atoms with E-state index in [0.717, 1.165) is 0 Å². The summed E-state index contributed by atoms with van der Waals surface area (Å²) in [5, 5.41) is 0. The molecule has 8 rings (SSSR count). The normalized spacial score (nSPS) is 16.3. The van der Waals surface area contributed by atoms with Gasteiger partial charge in [0.1, 0.15) is 0 Å². The number of rotatable bonds is 3. The second kappa shape index (κ2) is 11.2. The lowest BCUT2D eigenvalue weighted by molar-refractivity contribution is 0.588. The summed E-state index contributed by atoms with van der Waals surface area (Å²) in [5.41, 5.74) is 23.6. The summed E-state index contributed by atoms with van der Waals surface area (Å²) < 4.78 is 0. The van der Waals surface area contributed by atoms with Crippen molar-refractivity contribution in [2.45, 2.75) is 72.6 Å². The minimum atomic E-state index is -0.00241. The zero-order chi connectivity index (χ0) is 33.5. The van der Waals surface area contributed by atoms with Gasteiger partial charge in [-0.3, -0.25) is 0 Å². The lowest BCUT2D eigenvalue weighted by atomic mass is 9.28. The molecule has 0 saturated heterocycles. The Morgan fingerprint density at radius 2 is 0.896 bits per heavy atom. The summed E-state index contributed by atoms with van der Waals surface area (Å²) in [5.74, 6) is 0.296. The van der Waals surface area contributed by atoms with E-state index in [1.165, 1.54) is 94.3 Å². The number of hydrogen-bond donors (Lipinski definition) is 0. The van der Waals surface area contributed by atoms with Gasteiger partial charge in [0.2, 0.25) is 6.71 Å². The third-order valence-electron chi connectivity index (χ3n) is 11.0. The quantitative estimate of drug-likeness (QED) is 0.173. The molecule has 0 fully saturated rings. The van der Waals surface area contributed by atoms with Crippen LogP contribution in [0, 0.1) is 34.6 Å². The Morgan fingerprint density at radius 3 is 1.46 bits per heavy atom. The Balaban J connectivity index is 1.51. The van der Waals surface area contributed by atoms with E-state index < -0.39 is 0 Å². The molecule has 0 radical (unpaired) electrons. The van der Waals surface area contributed by atoms with Crippen LogP contribution in [-0.4, -0.2) is 6.71 Å². The van der Waals surface area contributed by atoms with E-state index in [-0.39, 0.29) is 24.0 Å². The van der Waals surface area contributed by atoms with Gasteiger partial charge < -0.3 is 0 Å². The third-order valence-corrected chi connectivity index (χ3v) is 11.0. The molecule has 0 saturated carbocycles. The molecule has 0 amide bonds. The van der Waals surface area contributed by atoms with Gasteiger partial charge in [-0.2, -0.15) is 0 Å². The number of aryl methyl sites for hydroxylation is 5. The number of hydrogen-bond acceptors (Lipinski definition) is 0. The third kappa shape index (κ3) is 4.98. The summed E-state index contributed by atoms with van der Waals surface area (Å²) in [6, 6.07) is 45.3. The molecular formula is C47H45B. The predicted molar refractivity (Wildman–Crippen MR) is 207 cm³/mol. The smallest absolute Gasteiger partial charge is 0.0643 e. The lowest BCUT2D eigenvalue weighted by Gasteiger charge is -2.43. The van der Waals surface area contributed by atoms with Crippen LogP contribution in [-0.2, 0) is 5.41 Å². The first kappa shape index (κ1) is 30.7. The van der Waals surface area contributed by atoms with Crippen molar-refractivity contribution in [2.24, 2.45) is 0 Å². The van der Waals surface area contributed by atoms with Gasteiger partial charge in [0.05, 0.1) is 0 Å². The highest BCUT2D eigenvalue weighted by atomic mass is 14.4. The molecule has 6 aromatic carbocycles. The van der Waals surface area contributed by atoms with Crippen LogP contribution >= 0.6 is 0 Å². The van der Waals surface area contributed by atoms with E-state index in [4.69, 9.17) is 0 Å². The predicted octanol–water partition coefficient (Wildman–Crippen LogP) is 9.70. The highest BCUT2D eigenvalue weighted by Gasteiger charge is 2.45. The van der Waals surface area contributed by atoms with Crippen molar-refractivity contribution in [3.8, 4) is 11.1 Å². The van der Waals surface area contributed by atoms with Crippen molar-refractivity contribution < 1.29 is 0 Å². The number of fused-ring (bicyclic) bond motifs is 4. The zero-order valence-electron chi connectivity index (χ0n) is 29.7. The van der Waals surface area contributed by atoms with Crippen LogP contribution in [0.25, 0.3) is 11.1 Å². The minimum Gasteiger partial charge on any atom is -0.0643 e. The molecule has 0 spiro atoms. The molecule has 2 aliphatic rings. The van der Waals surface area contributed by atoms with Gasteiger partial charge in [-0.15, -0.1) is 0 Å². The van der Waals surface area contributed by atoms with Crippen molar-refractivity contribution in [1.82, 2.24) is 0 Å². The molecule has 0 bridgehead atoms. The molecule has 2 heterocycles. The van der Waals surface area contributed by atoms with E-state index in [9.17, 15) is 0 Å². The summed E-state index contributed by atoms with van der Waals surface area (Å²) in [6.07, 6.45) is 0. The van der Waals surface area contributed by atoms with Gasteiger partial charge in [0.15, 0.2) is 0 Å². The fourth-order valence-corrected chi connectivity index (χ4v) is 8.53. The van der Waals surface area contributed by atoms with Crippen molar-refractivity contribution in [1.29, 1.82) is 0 Å². The first-order valence-corrected chi connectivity index (χ1v) is 17.6. The van der Waals surface area contributed by atoms with Crippen LogP contribution in [0.2, 0.25) is 0 Å². The Labute approximate surface area is 288 Å². The lowest BCUT2D eigenvalue weighted by Crippen LogP contribution is -2.62. The molecule has 2 atom stereocenters. The molecule has 2 aliphatic heterocycles. The van der Waals surface area contributed by atoms with Crippen LogP contribution in [0.15, 0.2) is 115 Å². The van der Waals surface area contributed by atoms with Crippen LogP contribution in [0.5, 0.6) is 0 Å². The maximum absolute atomic E-state index is 2.59. The van der Waals surface area contributed by atoms with Crippen molar-refractivity contribution in [2.75, 3.05) is 0 Å². The molecule has 48 heavy (non-hydrogen) atoms. The molecule has 0 nitrogen and oxygen atoms in total. The Morgan fingerprint density at radius 1 is 0.438 bits per heavy atom. The minimum absolute atomic E-state index is 0.00241. The molecule has 6 aromatic rings. The van der Waals surface area contributed by atoms with Gasteiger partial charge in [-0.05, 0) is 90.1 Å². The van der Waals surface area contributed by atoms with E-state index in [1.54, 1.807) is 0 Å². The number of benzene rings is 6. The average Bonchev–Trinajstić information content (AvgIpc) is 3.05. The fraction of sp³-hybridized carbons (Fsp3) is 0.234. The summed E-state index contributed by atoms with van der Waals surface area (Å²) in [7, 11) is 0. The maximum atomic E-state index is 2.59. The fourth-order valence-electron chi connectivity index (χ4n) is 8.53. The maximum Gasteiger partial charge on any atom is 0.242 e. The summed E-state index contributed by atoms with van der Waals surface area (Å²) in [6.45, 7) is 18.4. The van der Waals surface area contributed by atoms with E-state index in [1.807, 2.05) is 0 Å². The summed E-state index contributed by atoms with van der Waals surface area (Å²) in [4.78, 5) is 0.